The van der Waals surface area contributed by atoms with Gasteiger partial charge in [0.15, 0.2) is 5.82 Å². The Morgan fingerprint density at radius 2 is 1.56 bits per heavy atom. The van der Waals surface area contributed by atoms with E-state index in [0.717, 1.165) is 40.4 Å². The van der Waals surface area contributed by atoms with Gasteiger partial charge in [0.1, 0.15) is 11.5 Å². The van der Waals surface area contributed by atoms with Gasteiger partial charge in [-0.15, -0.1) is 0 Å². The summed E-state index contributed by atoms with van der Waals surface area (Å²) in [6, 6.07) is 21.7. The van der Waals surface area contributed by atoms with E-state index in [0.29, 0.717) is 11.6 Å². The SMILES string of the molecule is Cc1cc(-c2ccc(-c3cc(Nc4ccc(CNC(C)C)cc4)n[nH]3)cc2)c(O)cc1O. The van der Waals surface area contributed by atoms with Crippen molar-refractivity contribution in [3.05, 3.63) is 77.9 Å². The van der Waals surface area contributed by atoms with Gasteiger partial charge in [0.25, 0.3) is 0 Å². The quantitative estimate of drug-likeness (QED) is 0.260. The first-order valence-electron chi connectivity index (χ1n) is 10.7. The summed E-state index contributed by atoms with van der Waals surface area (Å²) in [5.74, 6) is 0.881. The van der Waals surface area contributed by atoms with E-state index in [2.05, 4.69) is 46.8 Å². The molecule has 6 heteroatoms. The summed E-state index contributed by atoms with van der Waals surface area (Å²) in [6.07, 6.45) is 0. The first-order valence-corrected chi connectivity index (χ1v) is 10.7. The zero-order valence-corrected chi connectivity index (χ0v) is 18.5. The number of phenolic OH excluding ortho intramolecular Hbond substituents is 2. The molecule has 32 heavy (non-hydrogen) atoms. The summed E-state index contributed by atoms with van der Waals surface area (Å²) in [5, 5.41) is 34.1. The van der Waals surface area contributed by atoms with Gasteiger partial charge in [0.05, 0.1) is 5.69 Å². The number of phenols is 2. The summed E-state index contributed by atoms with van der Waals surface area (Å²) < 4.78 is 0. The Bertz CT molecular complexity index is 1200. The highest BCUT2D eigenvalue weighted by Gasteiger charge is 2.10. The van der Waals surface area contributed by atoms with Crippen molar-refractivity contribution in [3.8, 4) is 33.9 Å². The molecule has 1 heterocycles. The van der Waals surface area contributed by atoms with Gasteiger partial charge in [-0.2, -0.15) is 5.10 Å². The molecule has 4 aromatic rings. The molecule has 0 aliphatic carbocycles. The zero-order chi connectivity index (χ0) is 22.7. The van der Waals surface area contributed by atoms with Gasteiger partial charge in [-0.1, -0.05) is 50.2 Å². The van der Waals surface area contributed by atoms with Crippen molar-refractivity contribution in [3.63, 3.8) is 0 Å². The molecule has 0 unspecified atom stereocenters. The van der Waals surface area contributed by atoms with E-state index in [9.17, 15) is 10.2 Å². The largest absolute Gasteiger partial charge is 0.508 e. The van der Waals surface area contributed by atoms with Gasteiger partial charge < -0.3 is 20.8 Å². The molecule has 0 radical (unpaired) electrons. The number of aromatic amines is 1. The highest BCUT2D eigenvalue weighted by atomic mass is 16.3. The lowest BCUT2D eigenvalue weighted by Gasteiger charge is -2.09. The predicted molar refractivity (Wildman–Crippen MR) is 129 cm³/mol. The van der Waals surface area contributed by atoms with Crippen LogP contribution in [0.25, 0.3) is 22.4 Å². The molecule has 164 valence electrons. The Morgan fingerprint density at radius 3 is 2.25 bits per heavy atom. The number of aromatic nitrogens is 2. The minimum absolute atomic E-state index is 0.0554. The Hall–Kier alpha value is -3.77. The first-order chi connectivity index (χ1) is 15.4. The Kier molecular flexibility index (Phi) is 6.14. The van der Waals surface area contributed by atoms with E-state index in [1.807, 2.05) is 49.4 Å². The van der Waals surface area contributed by atoms with Crippen molar-refractivity contribution in [1.29, 1.82) is 0 Å². The van der Waals surface area contributed by atoms with Crippen LogP contribution in [0.15, 0.2) is 66.7 Å². The van der Waals surface area contributed by atoms with E-state index in [4.69, 9.17) is 0 Å². The van der Waals surface area contributed by atoms with Crippen LogP contribution >= 0.6 is 0 Å². The van der Waals surface area contributed by atoms with Gasteiger partial charge in [-0.3, -0.25) is 5.10 Å². The van der Waals surface area contributed by atoms with Gasteiger partial charge >= 0.3 is 0 Å². The number of H-pyrrole nitrogens is 1. The molecule has 5 N–H and O–H groups in total. The van der Waals surface area contributed by atoms with Gasteiger partial charge in [0.2, 0.25) is 0 Å². The van der Waals surface area contributed by atoms with Crippen LogP contribution in [0, 0.1) is 6.92 Å². The molecule has 1 aromatic heterocycles. The van der Waals surface area contributed by atoms with E-state index in [1.165, 1.54) is 11.6 Å². The summed E-state index contributed by atoms with van der Waals surface area (Å²) in [6.45, 7) is 6.93. The molecule has 0 saturated heterocycles. The van der Waals surface area contributed by atoms with Crippen LogP contribution in [0.3, 0.4) is 0 Å². The molecule has 0 aliphatic heterocycles. The predicted octanol–water partition coefficient (Wildman–Crippen LogP) is 5.70. The number of nitrogens with one attached hydrogen (secondary N) is 3. The van der Waals surface area contributed by atoms with Crippen LogP contribution in [-0.4, -0.2) is 26.5 Å². The fraction of sp³-hybridized carbons (Fsp3) is 0.192. The molecule has 0 saturated carbocycles. The highest BCUT2D eigenvalue weighted by molar-refractivity contribution is 5.75. The molecular formula is C26H28N4O2. The van der Waals surface area contributed by atoms with E-state index in [-0.39, 0.29) is 11.5 Å². The Balaban J connectivity index is 1.45. The lowest BCUT2D eigenvalue weighted by molar-refractivity contribution is 0.449. The number of benzene rings is 3. The molecular weight excluding hydrogens is 400 g/mol. The maximum Gasteiger partial charge on any atom is 0.152 e. The first kappa shape index (κ1) is 21.5. The number of aryl methyl sites for hydroxylation is 1. The second kappa shape index (κ2) is 9.16. The van der Waals surface area contributed by atoms with E-state index >= 15 is 0 Å². The lowest BCUT2D eigenvalue weighted by Crippen LogP contribution is -2.21. The third-order valence-electron chi connectivity index (χ3n) is 5.34. The zero-order valence-electron chi connectivity index (χ0n) is 18.5. The number of nitrogens with zero attached hydrogens (tertiary/aromatic N) is 1. The molecule has 4 rings (SSSR count). The Morgan fingerprint density at radius 1 is 0.875 bits per heavy atom. The van der Waals surface area contributed by atoms with Crippen LogP contribution in [0.4, 0.5) is 11.5 Å². The van der Waals surface area contributed by atoms with Crippen LogP contribution in [0.2, 0.25) is 0 Å². The van der Waals surface area contributed by atoms with Gasteiger partial charge in [-0.05, 0) is 47.4 Å². The van der Waals surface area contributed by atoms with E-state index in [1.54, 1.807) is 6.07 Å². The summed E-state index contributed by atoms with van der Waals surface area (Å²) >= 11 is 0. The standard InChI is InChI=1S/C26H28N4O2/c1-16(2)27-15-18-4-10-21(11-5-18)28-26-13-23(29-30-26)20-8-6-19(7-9-20)22-12-17(3)24(31)14-25(22)32/h4-14,16,27,31-32H,15H2,1-3H3,(H2,28,29,30). The molecule has 0 amide bonds. The van der Waals surface area contributed by atoms with Crippen molar-refractivity contribution < 1.29 is 10.2 Å². The molecule has 6 nitrogen and oxygen atoms in total. The second-order valence-electron chi connectivity index (χ2n) is 8.26. The summed E-state index contributed by atoms with van der Waals surface area (Å²) in [4.78, 5) is 0. The fourth-order valence-electron chi connectivity index (χ4n) is 3.46. The average Bonchev–Trinajstić information content (AvgIpc) is 3.24. The summed E-state index contributed by atoms with van der Waals surface area (Å²) in [7, 11) is 0. The number of aromatic hydroxyl groups is 2. The minimum Gasteiger partial charge on any atom is -0.508 e. The summed E-state index contributed by atoms with van der Waals surface area (Å²) in [5.41, 5.74) is 6.37. The monoisotopic (exact) mass is 428 g/mol. The average molecular weight is 429 g/mol. The fourth-order valence-corrected chi connectivity index (χ4v) is 3.46. The van der Waals surface area contributed by atoms with Crippen LogP contribution in [-0.2, 0) is 6.54 Å². The third-order valence-corrected chi connectivity index (χ3v) is 5.34. The molecule has 0 bridgehead atoms. The molecule has 0 aliphatic rings. The number of anilines is 2. The van der Waals surface area contributed by atoms with Gasteiger partial charge in [0, 0.05) is 36.0 Å². The van der Waals surface area contributed by atoms with Crippen molar-refractivity contribution in [2.24, 2.45) is 0 Å². The third kappa shape index (κ3) is 4.92. The molecule has 0 fully saturated rings. The van der Waals surface area contributed by atoms with Crippen molar-refractivity contribution in [2.75, 3.05) is 5.32 Å². The van der Waals surface area contributed by atoms with E-state index < -0.39 is 0 Å². The minimum atomic E-state index is 0.0554. The molecule has 0 spiro atoms. The molecule has 3 aromatic carbocycles. The lowest BCUT2D eigenvalue weighted by atomic mass is 10.00. The maximum absolute atomic E-state index is 10.2. The molecule has 0 atom stereocenters. The van der Waals surface area contributed by atoms with Crippen molar-refractivity contribution >= 4 is 11.5 Å². The van der Waals surface area contributed by atoms with Crippen LogP contribution < -0.4 is 10.6 Å². The van der Waals surface area contributed by atoms with Crippen LogP contribution in [0.5, 0.6) is 11.5 Å². The van der Waals surface area contributed by atoms with Crippen LogP contribution in [0.1, 0.15) is 25.0 Å². The highest BCUT2D eigenvalue weighted by Crippen LogP contribution is 2.35. The van der Waals surface area contributed by atoms with Gasteiger partial charge in [-0.25, -0.2) is 0 Å². The number of hydrogen-bond donors (Lipinski definition) is 5. The second-order valence-corrected chi connectivity index (χ2v) is 8.26. The smallest absolute Gasteiger partial charge is 0.152 e. The van der Waals surface area contributed by atoms with Crippen molar-refractivity contribution in [1.82, 2.24) is 15.5 Å². The normalized spacial score (nSPS) is 11.1. The Labute approximate surface area is 188 Å². The number of hydrogen-bond acceptors (Lipinski definition) is 5. The topological polar surface area (TPSA) is 93.2 Å². The maximum atomic E-state index is 10.2. The van der Waals surface area contributed by atoms with Crippen molar-refractivity contribution in [2.45, 2.75) is 33.4 Å². The number of rotatable bonds is 7.